The van der Waals surface area contributed by atoms with E-state index in [4.69, 9.17) is 4.74 Å². The van der Waals surface area contributed by atoms with E-state index < -0.39 is 35.7 Å². The second-order valence-electron chi connectivity index (χ2n) is 7.43. The van der Waals surface area contributed by atoms with Gasteiger partial charge in [-0.25, -0.2) is 14.6 Å². The van der Waals surface area contributed by atoms with Gasteiger partial charge in [-0.05, 0) is 33.6 Å². The van der Waals surface area contributed by atoms with Gasteiger partial charge in [-0.2, -0.15) is 0 Å². The lowest BCUT2D eigenvalue weighted by molar-refractivity contribution is -0.149. The summed E-state index contributed by atoms with van der Waals surface area (Å²) < 4.78 is 6.99. The molecule has 2 rings (SSSR count). The maximum Gasteiger partial charge on any atom is 0.408 e. The van der Waals surface area contributed by atoms with Gasteiger partial charge >= 0.3 is 12.1 Å². The largest absolute Gasteiger partial charge is 0.480 e. The van der Waals surface area contributed by atoms with Gasteiger partial charge in [0.05, 0.1) is 6.33 Å². The summed E-state index contributed by atoms with van der Waals surface area (Å²) in [6, 6.07) is -1.79. The van der Waals surface area contributed by atoms with Crippen LogP contribution in [0.4, 0.5) is 4.79 Å². The predicted octanol–water partition coefficient (Wildman–Crippen LogP) is 0.932. The monoisotopic (exact) mass is 366 g/mol. The van der Waals surface area contributed by atoms with Gasteiger partial charge in [0, 0.05) is 31.9 Å². The Balaban J connectivity index is 2.19. The van der Waals surface area contributed by atoms with Crippen molar-refractivity contribution in [2.24, 2.45) is 7.05 Å². The first kappa shape index (κ1) is 19.7. The number of alkyl carbamates (subject to hydrolysis) is 1. The van der Waals surface area contributed by atoms with E-state index >= 15 is 0 Å². The van der Waals surface area contributed by atoms with Crippen LogP contribution in [0.1, 0.15) is 39.3 Å². The van der Waals surface area contributed by atoms with Crippen molar-refractivity contribution < 1.29 is 24.2 Å². The Kier molecular flexibility index (Phi) is 5.89. The zero-order chi connectivity index (χ0) is 19.5. The molecular formula is C17H26N4O5. The molecule has 9 heteroatoms. The number of imidazole rings is 1. The molecule has 1 aromatic heterocycles. The molecule has 0 aliphatic carbocycles. The molecule has 2 heterocycles. The second kappa shape index (κ2) is 7.76. The smallest absolute Gasteiger partial charge is 0.408 e. The highest BCUT2D eigenvalue weighted by Gasteiger charge is 2.38. The summed E-state index contributed by atoms with van der Waals surface area (Å²) in [5.74, 6) is -1.46. The highest BCUT2D eigenvalue weighted by Crippen LogP contribution is 2.20. The fourth-order valence-corrected chi connectivity index (χ4v) is 2.93. The zero-order valence-corrected chi connectivity index (χ0v) is 15.6. The number of carbonyl (C=O) groups is 3. The summed E-state index contributed by atoms with van der Waals surface area (Å²) in [6.07, 6.45) is 3.71. The van der Waals surface area contributed by atoms with Gasteiger partial charge in [-0.1, -0.05) is 0 Å². The minimum atomic E-state index is -1.03. The average molecular weight is 366 g/mol. The third-order valence-corrected chi connectivity index (χ3v) is 4.14. The van der Waals surface area contributed by atoms with Crippen molar-refractivity contribution >= 4 is 18.0 Å². The van der Waals surface area contributed by atoms with Crippen molar-refractivity contribution in [2.75, 3.05) is 6.54 Å². The number of amides is 2. The van der Waals surface area contributed by atoms with Crippen LogP contribution in [-0.4, -0.2) is 61.8 Å². The van der Waals surface area contributed by atoms with Gasteiger partial charge in [0.25, 0.3) is 0 Å². The molecule has 0 spiro atoms. The average Bonchev–Trinajstić information content (AvgIpc) is 3.13. The molecule has 1 aliphatic rings. The van der Waals surface area contributed by atoms with Crippen LogP contribution < -0.4 is 5.32 Å². The number of rotatable bonds is 5. The molecule has 2 amide bonds. The lowest BCUT2D eigenvalue weighted by atomic mass is 10.1. The standard InChI is InChI=1S/C17H26N4O5/c1-17(2,3)26-16(25)19-12(8-11-9-18-10-20(11)4)14(22)21-7-5-6-13(21)15(23)24/h9-10,12-13H,5-8H2,1-4H3,(H,19,25)(H,23,24)/t12-,13+/m0/s1. The van der Waals surface area contributed by atoms with Gasteiger partial charge in [-0.15, -0.1) is 0 Å². The van der Waals surface area contributed by atoms with Gasteiger partial charge < -0.3 is 24.6 Å². The molecule has 0 unspecified atom stereocenters. The highest BCUT2D eigenvalue weighted by molar-refractivity contribution is 5.90. The van der Waals surface area contributed by atoms with Crippen molar-refractivity contribution in [1.82, 2.24) is 19.8 Å². The Bertz CT molecular complexity index is 679. The van der Waals surface area contributed by atoms with Crippen molar-refractivity contribution in [3.05, 3.63) is 18.2 Å². The lowest BCUT2D eigenvalue weighted by Crippen LogP contribution is -2.53. The molecule has 0 radical (unpaired) electrons. The predicted molar refractivity (Wildman–Crippen MR) is 92.4 cm³/mol. The molecule has 1 saturated heterocycles. The number of carboxylic acid groups (broad SMARTS) is 1. The van der Waals surface area contributed by atoms with E-state index in [0.29, 0.717) is 19.4 Å². The first-order chi connectivity index (χ1) is 12.1. The number of aryl methyl sites for hydroxylation is 1. The van der Waals surface area contributed by atoms with E-state index in [-0.39, 0.29) is 6.42 Å². The molecule has 1 aliphatic heterocycles. The second-order valence-corrected chi connectivity index (χ2v) is 7.43. The van der Waals surface area contributed by atoms with Crippen LogP contribution in [0.5, 0.6) is 0 Å². The normalized spacial score (nSPS) is 18.5. The number of hydrogen-bond donors (Lipinski definition) is 2. The van der Waals surface area contributed by atoms with Crippen LogP contribution in [0.3, 0.4) is 0 Å². The molecular weight excluding hydrogens is 340 g/mol. The summed E-state index contributed by atoms with van der Waals surface area (Å²) in [7, 11) is 1.78. The lowest BCUT2D eigenvalue weighted by Gasteiger charge is -2.28. The van der Waals surface area contributed by atoms with Crippen LogP contribution in [0.25, 0.3) is 0 Å². The van der Waals surface area contributed by atoms with Gasteiger partial charge in [0.1, 0.15) is 17.7 Å². The summed E-state index contributed by atoms with van der Waals surface area (Å²) in [4.78, 5) is 41.9. The minimum Gasteiger partial charge on any atom is -0.480 e. The number of nitrogens with one attached hydrogen (secondary N) is 1. The quantitative estimate of drug-likeness (QED) is 0.801. The Labute approximate surface area is 152 Å². The number of likely N-dealkylation sites (tertiary alicyclic amines) is 1. The fourth-order valence-electron chi connectivity index (χ4n) is 2.93. The zero-order valence-electron chi connectivity index (χ0n) is 15.6. The molecule has 0 bridgehead atoms. The Hall–Kier alpha value is -2.58. The van der Waals surface area contributed by atoms with Gasteiger partial charge in [0.2, 0.25) is 5.91 Å². The van der Waals surface area contributed by atoms with E-state index in [2.05, 4.69) is 10.3 Å². The number of aromatic nitrogens is 2. The minimum absolute atomic E-state index is 0.192. The Morgan fingerprint density at radius 3 is 2.65 bits per heavy atom. The molecule has 9 nitrogen and oxygen atoms in total. The van der Waals surface area contributed by atoms with Crippen LogP contribution in [0.15, 0.2) is 12.5 Å². The van der Waals surface area contributed by atoms with Crippen LogP contribution >= 0.6 is 0 Å². The van der Waals surface area contributed by atoms with E-state index in [1.54, 1.807) is 44.9 Å². The van der Waals surface area contributed by atoms with Crippen molar-refractivity contribution in [2.45, 2.75) is 57.7 Å². The summed E-state index contributed by atoms with van der Waals surface area (Å²) in [5.41, 5.74) is 0.0343. The molecule has 2 N–H and O–H groups in total. The van der Waals surface area contributed by atoms with Crippen molar-refractivity contribution in [1.29, 1.82) is 0 Å². The topological polar surface area (TPSA) is 114 Å². The highest BCUT2D eigenvalue weighted by atomic mass is 16.6. The summed E-state index contributed by atoms with van der Waals surface area (Å²) in [5, 5.41) is 11.9. The van der Waals surface area contributed by atoms with Crippen molar-refractivity contribution in [3.8, 4) is 0 Å². The Morgan fingerprint density at radius 2 is 2.12 bits per heavy atom. The molecule has 1 aromatic rings. The van der Waals surface area contributed by atoms with Crippen LogP contribution in [-0.2, 0) is 27.8 Å². The van der Waals surface area contributed by atoms with E-state index in [9.17, 15) is 19.5 Å². The van der Waals surface area contributed by atoms with Crippen molar-refractivity contribution in [3.63, 3.8) is 0 Å². The van der Waals surface area contributed by atoms with Gasteiger partial charge in [-0.3, -0.25) is 4.79 Å². The summed E-state index contributed by atoms with van der Waals surface area (Å²) >= 11 is 0. The molecule has 144 valence electrons. The first-order valence-electron chi connectivity index (χ1n) is 8.56. The number of ether oxygens (including phenoxy) is 1. The van der Waals surface area contributed by atoms with E-state index in [1.807, 2.05) is 0 Å². The number of carboxylic acids is 1. The Morgan fingerprint density at radius 1 is 1.42 bits per heavy atom. The molecule has 0 saturated carbocycles. The first-order valence-corrected chi connectivity index (χ1v) is 8.56. The number of nitrogens with zero attached hydrogens (tertiary/aromatic N) is 3. The van der Waals surface area contributed by atoms with E-state index in [0.717, 1.165) is 5.69 Å². The summed E-state index contributed by atoms with van der Waals surface area (Å²) in [6.45, 7) is 5.54. The van der Waals surface area contributed by atoms with Crippen LogP contribution in [0, 0.1) is 0 Å². The number of carbonyl (C=O) groups excluding carboxylic acids is 2. The third kappa shape index (κ3) is 4.96. The molecule has 26 heavy (non-hydrogen) atoms. The van der Waals surface area contributed by atoms with Gasteiger partial charge in [0.15, 0.2) is 0 Å². The van der Waals surface area contributed by atoms with Crippen LogP contribution in [0.2, 0.25) is 0 Å². The fraction of sp³-hybridized carbons (Fsp3) is 0.647. The number of hydrogen-bond acceptors (Lipinski definition) is 5. The maximum absolute atomic E-state index is 13.0. The number of aliphatic carboxylic acids is 1. The third-order valence-electron chi connectivity index (χ3n) is 4.14. The molecule has 2 atom stereocenters. The molecule has 1 fully saturated rings. The SMILES string of the molecule is Cn1cncc1C[C@H](NC(=O)OC(C)(C)C)C(=O)N1CCC[C@@H]1C(=O)O. The maximum atomic E-state index is 13.0. The molecule has 0 aromatic carbocycles. The van der Waals surface area contributed by atoms with E-state index in [1.165, 1.54) is 4.90 Å².